The maximum atomic E-state index is 12.9. The first-order valence-corrected chi connectivity index (χ1v) is 8.23. The lowest BCUT2D eigenvalue weighted by molar-refractivity contribution is -0.137. The van der Waals surface area contributed by atoms with Crippen molar-refractivity contribution in [2.75, 3.05) is 38.5 Å². The zero-order valence-electron chi connectivity index (χ0n) is 13.8. The van der Waals surface area contributed by atoms with Crippen LogP contribution < -0.4 is 10.6 Å². The van der Waals surface area contributed by atoms with E-state index in [9.17, 15) is 18.0 Å². The molecule has 7 heteroatoms. The maximum Gasteiger partial charge on any atom is 0.418 e. The van der Waals surface area contributed by atoms with Crippen molar-refractivity contribution in [3.8, 4) is 0 Å². The van der Waals surface area contributed by atoms with Crippen molar-refractivity contribution >= 4 is 11.6 Å². The predicted octanol–water partition coefficient (Wildman–Crippen LogP) is 2.97. The van der Waals surface area contributed by atoms with E-state index in [4.69, 9.17) is 0 Å². The number of para-hydroxylation sites is 1. The van der Waals surface area contributed by atoms with E-state index in [2.05, 4.69) is 10.6 Å². The monoisotopic (exact) mass is 343 g/mol. The molecule has 1 amide bonds. The second kappa shape index (κ2) is 8.48. The van der Waals surface area contributed by atoms with Crippen LogP contribution in [0.4, 0.5) is 18.9 Å². The summed E-state index contributed by atoms with van der Waals surface area (Å²) in [6, 6.07) is 5.06. The minimum atomic E-state index is -4.48. The van der Waals surface area contributed by atoms with E-state index >= 15 is 0 Å². The van der Waals surface area contributed by atoms with Gasteiger partial charge in [-0.2, -0.15) is 13.2 Å². The molecule has 134 valence electrons. The van der Waals surface area contributed by atoms with Crippen molar-refractivity contribution in [1.29, 1.82) is 0 Å². The number of nitrogens with zero attached hydrogens (tertiary/aromatic N) is 1. The number of anilines is 1. The van der Waals surface area contributed by atoms with E-state index in [0.717, 1.165) is 45.0 Å². The van der Waals surface area contributed by atoms with Gasteiger partial charge in [-0.15, -0.1) is 0 Å². The van der Waals surface area contributed by atoms with Gasteiger partial charge in [0, 0.05) is 0 Å². The molecule has 0 saturated carbocycles. The van der Waals surface area contributed by atoms with Gasteiger partial charge in [0.15, 0.2) is 0 Å². The van der Waals surface area contributed by atoms with Crippen molar-refractivity contribution in [2.45, 2.75) is 25.4 Å². The van der Waals surface area contributed by atoms with E-state index in [1.807, 2.05) is 11.9 Å². The molecular formula is C17H24F3N3O. The van der Waals surface area contributed by atoms with Crippen LogP contribution in [0.1, 0.15) is 24.8 Å². The molecule has 0 atom stereocenters. The van der Waals surface area contributed by atoms with E-state index in [1.165, 1.54) is 18.2 Å². The van der Waals surface area contributed by atoms with Crippen LogP contribution in [-0.2, 0) is 11.0 Å². The normalized spacial score (nSPS) is 17.0. The quantitative estimate of drug-likeness (QED) is 0.835. The average molecular weight is 343 g/mol. The van der Waals surface area contributed by atoms with E-state index in [1.54, 1.807) is 0 Å². The Morgan fingerprint density at radius 3 is 2.54 bits per heavy atom. The molecular weight excluding hydrogens is 319 g/mol. The Kier molecular flexibility index (Phi) is 6.62. The number of piperidine rings is 1. The largest absolute Gasteiger partial charge is 0.418 e. The third-order valence-electron chi connectivity index (χ3n) is 4.38. The Labute approximate surface area is 140 Å². The van der Waals surface area contributed by atoms with Gasteiger partial charge < -0.3 is 10.6 Å². The van der Waals surface area contributed by atoms with Crippen molar-refractivity contribution in [3.05, 3.63) is 29.8 Å². The summed E-state index contributed by atoms with van der Waals surface area (Å²) in [6.07, 6.45) is -1.31. The summed E-state index contributed by atoms with van der Waals surface area (Å²) in [5.41, 5.74) is -0.997. The molecule has 1 aliphatic heterocycles. The Balaban J connectivity index is 1.85. The number of nitrogens with one attached hydrogen (secondary N) is 2. The second-order valence-corrected chi connectivity index (χ2v) is 6.20. The fourth-order valence-electron chi connectivity index (χ4n) is 3.01. The van der Waals surface area contributed by atoms with Crippen LogP contribution in [0.5, 0.6) is 0 Å². The van der Waals surface area contributed by atoms with Gasteiger partial charge in [-0.3, -0.25) is 9.69 Å². The number of hydrogen-bond donors (Lipinski definition) is 2. The number of alkyl halides is 3. The summed E-state index contributed by atoms with van der Waals surface area (Å²) < 4.78 is 38.8. The zero-order valence-corrected chi connectivity index (χ0v) is 13.8. The van der Waals surface area contributed by atoms with E-state index in [-0.39, 0.29) is 12.2 Å². The molecule has 1 aromatic rings. The SMILES string of the molecule is CNCCC1CCN(CC(=O)Nc2ccccc2C(F)(F)F)CC1. The highest BCUT2D eigenvalue weighted by atomic mass is 19.4. The van der Waals surface area contributed by atoms with Gasteiger partial charge in [0.2, 0.25) is 5.91 Å². The van der Waals surface area contributed by atoms with Crippen molar-refractivity contribution in [2.24, 2.45) is 5.92 Å². The number of carbonyl (C=O) groups is 1. The van der Waals surface area contributed by atoms with Crippen LogP contribution in [0.3, 0.4) is 0 Å². The third kappa shape index (κ3) is 5.49. The summed E-state index contributed by atoms with van der Waals surface area (Å²) in [7, 11) is 1.93. The topological polar surface area (TPSA) is 44.4 Å². The highest BCUT2D eigenvalue weighted by molar-refractivity contribution is 5.93. The van der Waals surface area contributed by atoms with Crippen LogP contribution in [0.25, 0.3) is 0 Å². The molecule has 1 fully saturated rings. The van der Waals surface area contributed by atoms with E-state index < -0.39 is 17.6 Å². The van der Waals surface area contributed by atoms with Crippen molar-refractivity contribution in [3.63, 3.8) is 0 Å². The first kappa shape index (κ1) is 18.7. The number of rotatable bonds is 6. The smallest absolute Gasteiger partial charge is 0.324 e. The number of halogens is 3. The predicted molar refractivity (Wildman–Crippen MR) is 87.8 cm³/mol. The van der Waals surface area contributed by atoms with Crippen molar-refractivity contribution in [1.82, 2.24) is 10.2 Å². The average Bonchev–Trinajstić information content (AvgIpc) is 2.53. The van der Waals surface area contributed by atoms with Crippen LogP contribution in [0.15, 0.2) is 24.3 Å². The highest BCUT2D eigenvalue weighted by Gasteiger charge is 2.33. The van der Waals surface area contributed by atoms with Crippen molar-refractivity contribution < 1.29 is 18.0 Å². The lowest BCUT2D eigenvalue weighted by Crippen LogP contribution is -2.39. The van der Waals surface area contributed by atoms with Gasteiger partial charge in [0.25, 0.3) is 0 Å². The lowest BCUT2D eigenvalue weighted by atomic mass is 9.93. The zero-order chi connectivity index (χ0) is 17.6. The van der Waals surface area contributed by atoms with Gasteiger partial charge in [-0.05, 0) is 64.0 Å². The molecule has 0 bridgehead atoms. The minimum absolute atomic E-state index is 0.130. The van der Waals surface area contributed by atoms with Crippen LogP contribution in [-0.4, -0.2) is 44.0 Å². The lowest BCUT2D eigenvalue weighted by Gasteiger charge is -2.31. The van der Waals surface area contributed by atoms with Gasteiger partial charge in [-0.1, -0.05) is 12.1 Å². The van der Waals surface area contributed by atoms with E-state index in [0.29, 0.717) is 5.92 Å². The molecule has 0 radical (unpaired) electrons. The summed E-state index contributed by atoms with van der Waals surface area (Å²) in [5, 5.41) is 5.53. The Hall–Kier alpha value is -1.60. The summed E-state index contributed by atoms with van der Waals surface area (Å²) in [5.74, 6) is 0.253. The number of amides is 1. The van der Waals surface area contributed by atoms with Gasteiger partial charge in [0.05, 0.1) is 17.8 Å². The highest BCUT2D eigenvalue weighted by Crippen LogP contribution is 2.34. The molecule has 4 nitrogen and oxygen atoms in total. The fraction of sp³-hybridized carbons (Fsp3) is 0.588. The molecule has 1 saturated heterocycles. The molecule has 0 aliphatic carbocycles. The van der Waals surface area contributed by atoms with Gasteiger partial charge in [0.1, 0.15) is 0 Å². The molecule has 2 rings (SSSR count). The molecule has 1 aliphatic rings. The molecule has 0 unspecified atom stereocenters. The molecule has 2 N–H and O–H groups in total. The Bertz CT molecular complexity index is 540. The number of benzene rings is 1. The first-order valence-electron chi connectivity index (χ1n) is 8.23. The molecule has 1 aromatic carbocycles. The Morgan fingerprint density at radius 1 is 1.25 bits per heavy atom. The maximum absolute atomic E-state index is 12.9. The number of hydrogen-bond acceptors (Lipinski definition) is 3. The minimum Gasteiger partial charge on any atom is -0.324 e. The third-order valence-corrected chi connectivity index (χ3v) is 4.38. The molecule has 0 aromatic heterocycles. The fourth-order valence-corrected chi connectivity index (χ4v) is 3.01. The second-order valence-electron chi connectivity index (χ2n) is 6.20. The number of likely N-dealkylation sites (tertiary alicyclic amines) is 1. The molecule has 24 heavy (non-hydrogen) atoms. The van der Waals surface area contributed by atoms with Gasteiger partial charge >= 0.3 is 6.18 Å². The first-order chi connectivity index (χ1) is 11.4. The van der Waals surface area contributed by atoms with Crippen LogP contribution in [0, 0.1) is 5.92 Å². The summed E-state index contributed by atoms with van der Waals surface area (Å²) in [4.78, 5) is 14.1. The standard InChI is InChI=1S/C17H24F3N3O/c1-21-9-6-13-7-10-23(11-8-13)12-16(24)22-15-5-3-2-4-14(15)17(18,19)20/h2-5,13,21H,6-12H2,1H3,(H,22,24). The number of carbonyl (C=O) groups excluding carboxylic acids is 1. The molecule has 0 spiro atoms. The van der Waals surface area contributed by atoms with Gasteiger partial charge in [-0.25, -0.2) is 0 Å². The Morgan fingerprint density at radius 2 is 1.92 bits per heavy atom. The summed E-state index contributed by atoms with van der Waals surface area (Å²) >= 11 is 0. The van der Waals surface area contributed by atoms with Crippen LogP contribution >= 0.6 is 0 Å². The molecule has 1 heterocycles. The van der Waals surface area contributed by atoms with Crippen LogP contribution in [0.2, 0.25) is 0 Å². The summed E-state index contributed by atoms with van der Waals surface area (Å²) in [6.45, 7) is 2.73.